The van der Waals surface area contributed by atoms with Crippen molar-refractivity contribution in [1.82, 2.24) is 4.98 Å². The lowest BCUT2D eigenvalue weighted by atomic mass is 10.3. The Balaban J connectivity index is 2.61. The van der Waals surface area contributed by atoms with E-state index < -0.39 is 11.9 Å². The van der Waals surface area contributed by atoms with Crippen molar-refractivity contribution in [3.05, 3.63) is 29.8 Å². The van der Waals surface area contributed by atoms with Gasteiger partial charge in [-0.1, -0.05) is 6.07 Å². The number of hydrogen-bond donors (Lipinski definition) is 0. The number of hydrogen-bond acceptors (Lipinski definition) is 4. The molecule has 0 aromatic carbocycles. The third-order valence-corrected chi connectivity index (χ3v) is 1.63. The van der Waals surface area contributed by atoms with E-state index in [4.69, 9.17) is 9.47 Å². The van der Waals surface area contributed by atoms with E-state index in [-0.39, 0.29) is 11.8 Å². The topological polar surface area (TPSA) is 48.4 Å². The second-order valence-electron chi connectivity index (χ2n) is 3.02. The van der Waals surface area contributed by atoms with Crippen LogP contribution in [-0.2, 0) is 9.47 Å². The molecule has 1 atom stereocenters. The molecule has 4 nitrogen and oxygen atoms in total. The van der Waals surface area contributed by atoms with Gasteiger partial charge >= 0.3 is 5.97 Å². The SMILES string of the molecule is COCC(C)OC(=O)c1cccc(F)n1. The van der Waals surface area contributed by atoms with Gasteiger partial charge in [0.15, 0.2) is 5.69 Å². The van der Waals surface area contributed by atoms with E-state index in [1.165, 1.54) is 19.2 Å². The summed E-state index contributed by atoms with van der Waals surface area (Å²) in [5.41, 5.74) is -0.0436. The van der Waals surface area contributed by atoms with Crippen LogP contribution in [0.3, 0.4) is 0 Å². The normalized spacial score (nSPS) is 12.2. The molecule has 1 aromatic rings. The molecule has 0 amide bonds. The number of ether oxygens (including phenoxy) is 2. The molecule has 0 fully saturated rings. The lowest BCUT2D eigenvalue weighted by Gasteiger charge is -2.11. The summed E-state index contributed by atoms with van der Waals surface area (Å²) in [6.07, 6.45) is -0.382. The molecule has 1 rings (SSSR count). The van der Waals surface area contributed by atoms with Gasteiger partial charge in [0.2, 0.25) is 5.95 Å². The molecule has 0 spiro atoms. The Morgan fingerprint density at radius 1 is 1.60 bits per heavy atom. The molecule has 82 valence electrons. The molecule has 0 N–H and O–H groups in total. The van der Waals surface area contributed by atoms with Gasteiger partial charge in [0.25, 0.3) is 0 Å². The number of pyridine rings is 1. The largest absolute Gasteiger partial charge is 0.455 e. The van der Waals surface area contributed by atoms with Crippen LogP contribution < -0.4 is 0 Å². The van der Waals surface area contributed by atoms with E-state index in [1.54, 1.807) is 6.92 Å². The van der Waals surface area contributed by atoms with Crippen LogP contribution in [0.25, 0.3) is 0 Å². The maximum absolute atomic E-state index is 12.7. The monoisotopic (exact) mass is 213 g/mol. The zero-order chi connectivity index (χ0) is 11.3. The van der Waals surface area contributed by atoms with Crippen LogP contribution in [0.15, 0.2) is 18.2 Å². The molecule has 0 aliphatic rings. The highest BCUT2D eigenvalue weighted by molar-refractivity contribution is 5.87. The Bertz CT molecular complexity index is 343. The predicted molar refractivity (Wildman–Crippen MR) is 50.9 cm³/mol. The molecule has 0 radical (unpaired) electrons. The molecule has 0 bridgehead atoms. The number of halogens is 1. The summed E-state index contributed by atoms with van der Waals surface area (Å²) in [5.74, 6) is -1.36. The fourth-order valence-corrected chi connectivity index (χ4v) is 1.03. The van der Waals surface area contributed by atoms with E-state index in [0.717, 1.165) is 6.07 Å². The van der Waals surface area contributed by atoms with Gasteiger partial charge in [-0.15, -0.1) is 0 Å². The van der Waals surface area contributed by atoms with Crippen LogP contribution in [0.4, 0.5) is 4.39 Å². The average Bonchev–Trinajstić information content (AvgIpc) is 2.18. The third kappa shape index (κ3) is 3.63. The van der Waals surface area contributed by atoms with Crippen molar-refractivity contribution in [2.45, 2.75) is 13.0 Å². The summed E-state index contributed by atoms with van der Waals surface area (Å²) in [6.45, 7) is 1.97. The van der Waals surface area contributed by atoms with Crippen LogP contribution in [0.5, 0.6) is 0 Å². The number of nitrogens with zero attached hydrogens (tertiary/aromatic N) is 1. The summed E-state index contributed by atoms with van der Waals surface area (Å²) in [4.78, 5) is 14.8. The molecular formula is C10H12FNO3. The second kappa shape index (κ2) is 5.41. The number of rotatable bonds is 4. The van der Waals surface area contributed by atoms with Gasteiger partial charge in [0, 0.05) is 7.11 Å². The first-order chi connectivity index (χ1) is 7.13. The number of esters is 1. The summed E-state index contributed by atoms with van der Waals surface area (Å²) >= 11 is 0. The molecule has 5 heteroatoms. The van der Waals surface area contributed by atoms with Crippen molar-refractivity contribution in [2.24, 2.45) is 0 Å². The quantitative estimate of drug-likeness (QED) is 0.560. The fraction of sp³-hybridized carbons (Fsp3) is 0.400. The molecular weight excluding hydrogens is 201 g/mol. The van der Waals surface area contributed by atoms with Crippen LogP contribution >= 0.6 is 0 Å². The predicted octanol–water partition coefficient (Wildman–Crippen LogP) is 1.41. The number of methoxy groups -OCH3 is 1. The van der Waals surface area contributed by atoms with Gasteiger partial charge in [0.1, 0.15) is 6.10 Å². The standard InChI is InChI=1S/C10H12FNO3/c1-7(6-14-2)15-10(13)8-4-3-5-9(11)12-8/h3-5,7H,6H2,1-2H3. The minimum atomic E-state index is -0.705. The number of carbonyl (C=O) groups excluding carboxylic acids is 1. The van der Waals surface area contributed by atoms with Crippen LogP contribution in [-0.4, -0.2) is 30.8 Å². The zero-order valence-electron chi connectivity index (χ0n) is 8.57. The van der Waals surface area contributed by atoms with Crippen LogP contribution in [0.1, 0.15) is 17.4 Å². The van der Waals surface area contributed by atoms with Gasteiger partial charge in [0.05, 0.1) is 6.61 Å². The maximum atomic E-state index is 12.7. The van der Waals surface area contributed by atoms with Gasteiger partial charge < -0.3 is 9.47 Å². The first-order valence-electron chi connectivity index (χ1n) is 4.46. The lowest BCUT2D eigenvalue weighted by Crippen LogP contribution is -2.20. The van der Waals surface area contributed by atoms with Crippen LogP contribution in [0, 0.1) is 5.95 Å². The molecule has 1 aromatic heterocycles. The van der Waals surface area contributed by atoms with E-state index >= 15 is 0 Å². The average molecular weight is 213 g/mol. The van der Waals surface area contributed by atoms with Gasteiger partial charge in [-0.05, 0) is 19.1 Å². The van der Waals surface area contributed by atoms with Gasteiger partial charge in [-0.2, -0.15) is 4.39 Å². The van der Waals surface area contributed by atoms with E-state index in [2.05, 4.69) is 4.98 Å². The van der Waals surface area contributed by atoms with Crippen LogP contribution in [0.2, 0.25) is 0 Å². The maximum Gasteiger partial charge on any atom is 0.357 e. The second-order valence-corrected chi connectivity index (χ2v) is 3.02. The smallest absolute Gasteiger partial charge is 0.357 e. The van der Waals surface area contributed by atoms with Crippen molar-refractivity contribution in [3.8, 4) is 0 Å². The minimum absolute atomic E-state index is 0.0436. The summed E-state index contributed by atoms with van der Waals surface area (Å²) in [7, 11) is 1.50. The molecule has 15 heavy (non-hydrogen) atoms. The highest BCUT2D eigenvalue weighted by Crippen LogP contribution is 2.02. The van der Waals surface area contributed by atoms with Gasteiger partial charge in [-0.25, -0.2) is 9.78 Å². The number of carbonyl (C=O) groups is 1. The van der Waals surface area contributed by atoms with Gasteiger partial charge in [-0.3, -0.25) is 0 Å². The first-order valence-corrected chi connectivity index (χ1v) is 4.46. The van der Waals surface area contributed by atoms with E-state index in [1.807, 2.05) is 0 Å². The van der Waals surface area contributed by atoms with Crippen molar-refractivity contribution < 1.29 is 18.7 Å². The zero-order valence-corrected chi connectivity index (χ0v) is 8.57. The van der Waals surface area contributed by atoms with Crippen molar-refractivity contribution in [2.75, 3.05) is 13.7 Å². The molecule has 0 saturated carbocycles. The number of aromatic nitrogens is 1. The first kappa shape index (κ1) is 11.6. The van der Waals surface area contributed by atoms with E-state index in [9.17, 15) is 9.18 Å². The molecule has 1 heterocycles. The molecule has 1 unspecified atom stereocenters. The lowest BCUT2D eigenvalue weighted by molar-refractivity contribution is 0.0113. The minimum Gasteiger partial charge on any atom is -0.455 e. The van der Waals surface area contributed by atoms with Crippen molar-refractivity contribution in [3.63, 3.8) is 0 Å². The Morgan fingerprint density at radius 2 is 2.33 bits per heavy atom. The Morgan fingerprint density at radius 3 is 2.93 bits per heavy atom. The summed E-state index contributed by atoms with van der Waals surface area (Å²) < 4.78 is 22.4. The Hall–Kier alpha value is -1.49. The Labute approximate surface area is 87.0 Å². The summed E-state index contributed by atoms with van der Waals surface area (Å²) in [5, 5.41) is 0. The molecule has 0 aliphatic carbocycles. The highest BCUT2D eigenvalue weighted by Gasteiger charge is 2.13. The van der Waals surface area contributed by atoms with E-state index in [0.29, 0.717) is 6.61 Å². The van der Waals surface area contributed by atoms with Crippen molar-refractivity contribution in [1.29, 1.82) is 0 Å². The fourth-order valence-electron chi connectivity index (χ4n) is 1.03. The third-order valence-electron chi connectivity index (χ3n) is 1.63. The summed E-state index contributed by atoms with van der Waals surface area (Å²) in [6, 6.07) is 3.96. The highest BCUT2D eigenvalue weighted by atomic mass is 19.1. The molecule has 0 aliphatic heterocycles. The van der Waals surface area contributed by atoms with Crippen molar-refractivity contribution >= 4 is 5.97 Å². The Kier molecular flexibility index (Phi) is 4.17. The molecule has 0 saturated heterocycles.